The molecule has 1 N–H and O–H groups in total. The lowest BCUT2D eigenvalue weighted by molar-refractivity contribution is 0.0448. The Morgan fingerprint density at radius 1 is 0.889 bits per heavy atom. The molecule has 0 aliphatic carbocycles. The second-order valence-corrected chi connectivity index (χ2v) is 5.51. The molecule has 18 heavy (non-hydrogen) atoms. The van der Waals surface area contributed by atoms with Gasteiger partial charge in [-0.05, 0) is 18.9 Å². The van der Waals surface area contributed by atoms with Gasteiger partial charge in [-0.2, -0.15) is 0 Å². The van der Waals surface area contributed by atoms with Crippen molar-refractivity contribution in [3.05, 3.63) is 35.9 Å². The number of hydrogen-bond acceptors (Lipinski definition) is 1. The first-order valence-corrected chi connectivity index (χ1v) is 7.44. The van der Waals surface area contributed by atoms with Gasteiger partial charge in [0.2, 0.25) is 0 Å². The highest BCUT2D eigenvalue weighted by molar-refractivity contribution is 5.21. The van der Waals surface area contributed by atoms with E-state index >= 15 is 0 Å². The quantitative estimate of drug-likeness (QED) is 0.607. The van der Waals surface area contributed by atoms with Gasteiger partial charge in [-0.3, -0.25) is 0 Å². The average Bonchev–Trinajstić information content (AvgIpc) is 2.39. The highest BCUT2D eigenvalue weighted by Crippen LogP contribution is 2.26. The van der Waals surface area contributed by atoms with Crippen LogP contribution in [0, 0.1) is 0 Å². The van der Waals surface area contributed by atoms with Crippen molar-refractivity contribution >= 4 is 0 Å². The summed E-state index contributed by atoms with van der Waals surface area (Å²) >= 11 is 0. The Bertz CT molecular complexity index is 303. The predicted octanol–water partition coefficient (Wildman–Crippen LogP) is 5.03. The third-order valence-electron chi connectivity index (χ3n) is 3.66. The van der Waals surface area contributed by atoms with Crippen molar-refractivity contribution in [1.82, 2.24) is 0 Å². The molecule has 0 aromatic heterocycles. The second kappa shape index (κ2) is 8.31. The summed E-state index contributed by atoms with van der Waals surface area (Å²) in [5.41, 5.74) is 0.376. The molecular formula is C17H28O. The number of benzene rings is 1. The van der Waals surface area contributed by atoms with Crippen LogP contribution in [-0.2, 0) is 5.60 Å². The van der Waals surface area contributed by atoms with Gasteiger partial charge >= 0.3 is 0 Å². The van der Waals surface area contributed by atoms with Gasteiger partial charge in [-0.15, -0.1) is 0 Å². The maximum absolute atomic E-state index is 10.4. The number of hydrogen-bond donors (Lipinski definition) is 1. The first kappa shape index (κ1) is 15.2. The Kier molecular flexibility index (Phi) is 7.04. The van der Waals surface area contributed by atoms with Crippen molar-refractivity contribution in [2.45, 2.75) is 70.8 Å². The van der Waals surface area contributed by atoms with E-state index < -0.39 is 5.60 Å². The van der Waals surface area contributed by atoms with Crippen LogP contribution in [0.3, 0.4) is 0 Å². The Morgan fingerprint density at radius 3 is 2.06 bits per heavy atom. The van der Waals surface area contributed by atoms with Gasteiger partial charge < -0.3 is 5.11 Å². The molecule has 1 aromatic rings. The fourth-order valence-electron chi connectivity index (χ4n) is 2.37. The van der Waals surface area contributed by atoms with Crippen molar-refractivity contribution in [1.29, 1.82) is 0 Å². The van der Waals surface area contributed by atoms with Gasteiger partial charge in [-0.1, -0.05) is 82.2 Å². The van der Waals surface area contributed by atoms with E-state index in [0.29, 0.717) is 0 Å². The predicted molar refractivity (Wildman–Crippen MR) is 78.6 cm³/mol. The van der Waals surface area contributed by atoms with E-state index in [0.717, 1.165) is 18.4 Å². The molecule has 0 aliphatic heterocycles. The number of rotatable bonds is 9. The molecule has 102 valence electrons. The highest BCUT2D eigenvalue weighted by atomic mass is 16.3. The van der Waals surface area contributed by atoms with Crippen molar-refractivity contribution in [2.75, 3.05) is 0 Å². The lowest BCUT2D eigenvalue weighted by Gasteiger charge is -2.23. The zero-order valence-electron chi connectivity index (χ0n) is 12.0. The SMILES string of the molecule is CCCCCCCCCC(C)(O)c1ccccc1. The van der Waals surface area contributed by atoms with Crippen LogP contribution in [0.4, 0.5) is 0 Å². The van der Waals surface area contributed by atoms with E-state index in [1.165, 1.54) is 38.5 Å². The van der Waals surface area contributed by atoms with Gasteiger partial charge in [0.1, 0.15) is 0 Å². The van der Waals surface area contributed by atoms with Gasteiger partial charge in [0.25, 0.3) is 0 Å². The van der Waals surface area contributed by atoms with Gasteiger partial charge in [-0.25, -0.2) is 0 Å². The van der Waals surface area contributed by atoms with Crippen LogP contribution in [0.15, 0.2) is 30.3 Å². The maximum atomic E-state index is 10.4. The molecule has 0 saturated heterocycles. The normalized spacial score (nSPS) is 14.4. The van der Waals surface area contributed by atoms with Crippen molar-refractivity contribution in [2.24, 2.45) is 0 Å². The molecule has 0 heterocycles. The summed E-state index contributed by atoms with van der Waals surface area (Å²) in [7, 11) is 0. The number of aliphatic hydroxyl groups is 1. The fourth-order valence-corrected chi connectivity index (χ4v) is 2.37. The Hall–Kier alpha value is -0.820. The van der Waals surface area contributed by atoms with Crippen LogP contribution < -0.4 is 0 Å². The molecule has 1 atom stereocenters. The Balaban J connectivity index is 2.18. The van der Waals surface area contributed by atoms with Crippen LogP contribution in [0.25, 0.3) is 0 Å². The first-order chi connectivity index (χ1) is 8.67. The third kappa shape index (κ3) is 5.68. The molecule has 0 fully saturated rings. The third-order valence-corrected chi connectivity index (χ3v) is 3.66. The molecule has 0 amide bonds. The zero-order chi connectivity index (χ0) is 13.3. The van der Waals surface area contributed by atoms with Crippen molar-refractivity contribution in [3.63, 3.8) is 0 Å². The molecule has 0 bridgehead atoms. The average molecular weight is 248 g/mol. The standard InChI is InChI=1S/C17H28O/c1-3-4-5-6-7-8-12-15-17(2,18)16-13-10-9-11-14-16/h9-11,13-14,18H,3-8,12,15H2,1-2H3. The summed E-state index contributed by atoms with van der Waals surface area (Å²) in [4.78, 5) is 0. The molecule has 0 radical (unpaired) electrons. The van der Waals surface area contributed by atoms with E-state index in [4.69, 9.17) is 0 Å². The van der Waals surface area contributed by atoms with E-state index in [2.05, 4.69) is 6.92 Å². The minimum atomic E-state index is -0.662. The monoisotopic (exact) mass is 248 g/mol. The largest absolute Gasteiger partial charge is 0.385 e. The molecule has 1 heteroatoms. The van der Waals surface area contributed by atoms with Crippen LogP contribution in [-0.4, -0.2) is 5.11 Å². The smallest absolute Gasteiger partial charge is 0.0868 e. The molecule has 1 nitrogen and oxygen atoms in total. The summed E-state index contributed by atoms with van der Waals surface area (Å²) in [6.07, 6.45) is 9.92. The van der Waals surface area contributed by atoms with Crippen LogP contribution in [0.5, 0.6) is 0 Å². The van der Waals surface area contributed by atoms with Gasteiger partial charge in [0.15, 0.2) is 0 Å². The fraction of sp³-hybridized carbons (Fsp3) is 0.647. The van der Waals surface area contributed by atoms with Crippen molar-refractivity contribution < 1.29 is 5.11 Å². The Labute approximate surface area is 112 Å². The maximum Gasteiger partial charge on any atom is 0.0868 e. The zero-order valence-corrected chi connectivity index (χ0v) is 12.0. The summed E-state index contributed by atoms with van der Waals surface area (Å²) < 4.78 is 0. The second-order valence-electron chi connectivity index (χ2n) is 5.51. The first-order valence-electron chi connectivity index (χ1n) is 7.44. The van der Waals surface area contributed by atoms with Crippen LogP contribution in [0.2, 0.25) is 0 Å². The summed E-state index contributed by atoms with van der Waals surface area (Å²) in [6.45, 7) is 4.18. The van der Waals surface area contributed by atoms with E-state index in [-0.39, 0.29) is 0 Å². The minimum Gasteiger partial charge on any atom is -0.385 e. The molecule has 0 spiro atoms. The molecule has 1 aromatic carbocycles. The van der Waals surface area contributed by atoms with Gasteiger partial charge in [0.05, 0.1) is 5.60 Å². The highest BCUT2D eigenvalue weighted by Gasteiger charge is 2.21. The summed E-state index contributed by atoms with van der Waals surface area (Å²) in [6, 6.07) is 10.0. The van der Waals surface area contributed by atoms with Gasteiger partial charge in [0, 0.05) is 0 Å². The van der Waals surface area contributed by atoms with Crippen LogP contribution >= 0.6 is 0 Å². The summed E-state index contributed by atoms with van der Waals surface area (Å²) in [5.74, 6) is 0. The molecule has 1 unspecified atom stereocenters. The van der Waals surface area contributed by atoms with Crippen molar-refractivity contribution in [3.8, 4) is 0 Å². The Morgan fingerprint density at radius 2 is 1.44 bits per heavy atom. The van der Waals surface area contributed by atoms with E-state index in [9.17, 15) is 5.11 Å². The lowest BCUT2D eigenvalue weighted by Crippen LogP contribution is -2.20. The minimum absolute atomic E-state index is 0.662. The van der Waals surface area contributed by atoms with E-state index in [1.54, 1.807) is 0 Å². The molecule has 0 saturated carbocycles. The lowest BCUT2D eigenvalue weighted by atomic mass is 9.90. The topological polar surface area (TPSA) is 20.2 Å². The summed E-state index contributed by atoms with van der Waals surface area (Å²) in [5, 5.41) is 10.4. The molecule has 1 rings (SSSR count). The molecule has 0 aliphatic rings. The van der Waals surface area contributed by atoms with E-state index in [1.807, 2.05) is 37.3 Å². The molecular weight excluding hydrogens is 220 g/mol. The van der Waals surface area contributed by atoms with Crippen LogP contribution in [0.1, 0.15) is 70.8 Å². The number of unbranched alkanes of at least 4 members (excludes halogenated alkanes) is 6.